The first kappa shape index (κ1) is 19.7. The molecule has 0 spiro atoms. The van der Waals surface area contributed by atoms with E-state index in [-0.39, 0.29) is 0 Å². The Morgan fingerprint density at radius 1 is 1.04 bits per heavy atom. The number of unbranched alkanes of at least 4 members (excludes halogenated alkanes) is 3. The van der Waals surface area contributed by atoms with Crippen LogP contribution in [0.3, 0.4) is 0 Å². The highest BCUT2D eigenvalue weighted by Crippen LogP contribution is 2.21. The van der Waals surface area contributed by atoms with E-state index >= 15 is 0 Å². The third-order valence-electron chi connectivity index (χ3n) is 3.28. The Balaban J connectivity index is 3.03. The van der Waals surface area contributed by atoms with Gasteiger partial charge in [0.2, 0.25) is 0 Å². The second-order valence-corrected chi connectivity index (χ2v) is 5.38. The molecule has 0 unspecified atom stereocenters. The van der Waals surface area contributed by atoms with Crippen LogP contribution < -0.4 is 10.4 Å². The van der Waals surface area contributed by atoms with E-state index in [1.807, 2.05) is 20.8 Å². The standard InChI is InChI=1S/C15H29N3O5/c1-4-7-10-21-15(22-11-8-5-2,23-12-9-6-3)18-14(19)13-17(20)16-18/h13H,4-12H2,1-3H3,(H-,16,19,20)/p+1. The second-order valence-electron chi connectivity index (χ2n) is 5.38. The summed E-state index contributed by atoms with van der Waals surface area (Å²) in [4.78, 5) is 12.7. The molecule has 8 heteroatoms. The van der Waals surface area contributed by atoms with Gasteiger partial charge in [-0.3, -0.25) is 14.2 Å². The molecule has 8 nitrogen and oxygen atoms in total. The SMILES string of the molecule is CCCCOC(OCCCC)(OCCCC)n1[nH][n+](O)cc1=O. The molecule has 0 amide bonds. The molecule has 1 rings (SSSR count). The van der Waals surface area contributed by atoms with Crippen LogP contribution in [-0.4, -0.2) is 34.9 Å². The highest BCUT2D eigenvalue weighted by molar-refractivity contribution is 4.67. The zero-order valence-corrected chi connectivity index (χ0v) is 14.4. The van der Waals surface area contributed by atoms with E-state index in [2.05, 4.69) is 5.21 Å². The van der Waals surface area contributed by atoms with Gasteiger partial charge in [0.15, 0.2) is 0 Å². The Bertz CT molecular complexity index is 459. The fourth-order valence-electron chi connectivity index (χ4n) is 1.89. The molecule has 1 aromatic heterocycles. The molecule has 2 N–H and O–H groups in total. The minimum absolute atomic E-state index is 0.381. The zero-order valence-electron chi connectivity index (χ0n) is 14.4. The molecular formula is C15H30N3O5+. The van der Waals surface area contributed by atoms with Gasteiger partial charge in [-0.05, 0) is 23.9 Å². The summed E-state index contributed by atoms with van der Waals surface area (Å²) in [6, 6.07) is 0. The third-order valence-corrected chi connectivity index (χ3v) is 3.28. The fourth-order valence-corrected chi connectivity index (χ4v) is 1.89. The van der Waals surface area contributed by atoms with Gasteiger partial charge in [-0.15, -0.1) is 0 Å². The summed E-state index contributed by atoms with van der Waals surface area (Å²) in [5.41, 5.74) is -0.503. The van der Waals surface area contributed by atoms with Crippen molar-refractivity contribution in [2.24, 2.45) is 0 Å². The van der Waals surface area contributed by atoms with Gasteiger partial charge in [-0.25, -0.2) is 4.79 Å². The molecule has 1 aromatic rings. The Morgan fingerprint density at radius 3 is 1.78 bits per heavy atom. The van der Waals surface area contributed by atoms with Crippen LogP contribution in [0.15, 0.2) is 11.0 Å². The van der Waals surface area contributed by atoms with Crippen molar-refractivity contribution in [1.29, 1.82) is 0 Å². The molecule has 0 aliphatic carbocycles. The summed E-state index contributed by atoms with van der Waals surface area (Å²) < 4.78 is 18.5. The number of rotatable bonds is 13. The first-order valence-corrected chi connectivity index (χ1v) is 8.45. The average molecular weight is 332 g/mol. The van der Waals surface area contributed by atoms with Crippen LogP contribution in [-0.2, 0) is 20.3 Å². The molecule has 0 aliphatic heterocycles. The van der Waals surface area contributed by atoms with Crippen LogP contribution in [0.25, 0.3) is 0 Å². The van der Waals surface area contributed by atoms with Crippen LogP contribution in [0, 0.1) is 0 Å². The van der Waals surface area contributed by atoms with Crippen molar-refractivity contribution in [3.63, 3.8) is 0 Å². The van der Waals surface area contributed by atoms with Crippen LogP contribution in [0.4, 0.5) is 0 Å². The van der Waals surface area contributed by atoms with E-state index < -0.39 is 11.7 Å². The molecule has 0 saturated heterocycles. The Morgan fingerprint density at radius 2 is 1.48 bits per heavy atom. The van der Waals surface area contributed by atoms with E-state index in [0.29, 0.717) is 24.7 Å². The van der Waals surface area contributed by atoms with Gasteiger partial charge in [-0.2, -0.15) is 0 Å². The molecule has 0 atom stereocenters. The normalized spacial score (nSPS) is 12.0. The molecule has 0 radical (unpaired) electrons. The lowest BCUT2D eigenvalue weighted by Gasteiger charge is -2.27. The number of nitrogens with one attached hydrogen (secondary N) is 1. The van der Waals surface area contributed by atoms with Crippen molar-refractivity contribution < 1.29 is 24.3 Å². The lowest BCUT2D eigenvalue weighted by molar-refractivity contribution is -0.950. The number of hydrogen-bond donors (Lipinski definition) is 2. The Hall–Kier alpha value is -1.38. The summed E-state index contributed by atoms with van der Waals surface area (Å²) in [5, 5.41) is 12.0. The highest BCUT2D eigenvalue weighted by atomic mass is 16.9. The van der Waals surface area contributed by atoms with E-state index in [1.54, 1.807) is 0 Å². The van der Waals surface area contributed by atoms with Crippen molar-refractivity contribution in [1.82, 2.24) is 9.90 Å². The quantitative estimate of drug-likeness (QED) is 0.248. The maximum absolute atomic E-state index is 12.1. The van der Waals surface area contributed by atoms with Gasteiger partial charge in [0.1, 0.15) is 0 Å². The predicted octanol–water partition coefficient (Wildman–Crippen LogP) is 1.72. The van der Waals surface area contributed by atoms with E-state index in [0.717, 1.165) is 49.4 Å². The minimum Gasteiger partial charge on any atom is -0.331 e. The number of aromatic nitrogens is 3. The van der Waals surface area contributed by atoms with Gasteiger partial charge in [0, 0.05) is 4.85 Å². The first-order chi connectivity index (χ1) is 11.1. The van der Waals surface area contributed by atoms with Gasteiger partial charge in [0.05, 0.1) is 19.8 Å². The molecule has 134 valence electrons. The first-order valence-electron chi connectivity index (χ1n) is 8.45. The number of ether oxygens (including phenoxy) is 3. The molecule has 1 heterocycles. The Kier molecular flexibility index (Phi) is 8.90. The third kappa shape index (κ3) is 5.96. The number of nitrogens with zero attached hydrogens (tertiary/aromatic N) is 2. The molecule has 0 aromatic carbocycles. The molecule has 0 aliphatic rings. The molecule has 0 saturated carbocycles. The highest BCUT2D eigenvalue weighted by Gasteiger charge is 2.45. The molecule has 0 fully saturated rings. The van der Waals surface area contributed by atoms with Crippen molar-refractivity contribution in [2.75, 3.05) is 19.8 Å². The largest absolute Gasteiger partial charge is 0.478 e. The smallest absolute Gasteiger partial charge is 0.331 e. The Labute approximate surface area is 136 Å². The van der Waals surface area contributed by atoms with Crippen LogP contribution >= 0.6 is 0 Å². The maximum Gasteiger partial charge on any atom is 0.478 e. The predicted molar refractivity (Wildman–Crippen MR) is 83.0 cm³/mol. The summed E-state index contributed by atoms with van der Waals surface area (Å²) in [6.07, 6.45) is 4.58. The van der Waals surface area contributed by atoms with Gasteiger partial charge >= 0.3 is 11.7 Å². The lowest BCUT2D eigenvalue weighted by atomic mass is 10.3. The van der Waals surface area contributed by atoms with Crippen LogP contribution in [0.1, 0.15) is 59.3 Å². The topological polar surface area (TPSA) is 89.6 Å². The van der Waals surface area contributed by atoms with Crippen molar-refractivity contribution in [3.05, 3.63) is 16.6 Å². The van der Waals surface area contributed by atoms with E-state index in [9.17, 15) is 10.0 Å². The average Bonchev–Trinajstić information content (AvgIpc) is 2.86. The van der Waals surface area contributed by atoms with Crippen LogP contribution in [0.5, 0.6) is 0 Å². The van der Waals surface area contributed by atoms with E-state index in [1.165, 1.54) is 0 Å². The van der Waals surface area contributed by atoms with Gasteiger partial charge < -0.3 is 5.21 Å². The number of aromatic amines is 1. The minimum atomic E-state index is -1.68. The van der Waals surface area contributed by atoms with Crippen molar-refractivity contribution in [2.45, 2.75) is 65.4 Å². The summed E-state index contributed by atoms with van der Waals surface area (Å²) in [7, 11) is 0. The zero-order chi connectivity index (χ0) is 17.1. The van der Waals surface area contributed by atoms with Crippen LogP contribution in [0.2, 0.25) is 0 Å². The summed E-state index contributed by atoms with van der Waals surface area (Å²) in [6.45, 7) is 7.28. The monoisotopic (exact) mass is 332 g/mol. The van der Waals surface area contributed by atoms with Crippen molar-refractivity contribution in [3.8, 4) is 0 Å². The number of hydrogen-bond acceptors (Lipinski definition) is 5. The lowest BCUT2D eigenvalue weighted by Crippen LogP contribution is -2.49. The van der Waals surface area contributed by atoms with Gasteiger partial charge in [-0.1, -0.05) is 45.2 Å². The fraction of sp³-hybridized carbons (Fsp3) is 0.867. The number of H-pyrrole nitrogens is 1. The molecule has 0 bridgehead atoms. The molecule has 23 heavy (non-hydrogen) atoms. The summed E-state index contributed by atoms with van der Waals surface area (Å²) >= 11 is 0. The second kappa shape index (κ2) is 10.4. The summed E-state index contributed by atoms with van der Waals surface area (Å²) in [5.74, 6) is 0. The van der Waals surface area contributed by atoms with Gasteiger partial charge in [0.25, 0.3) is 6.20 Å². The van der Waals surface area contributed by atoms with Crippen molar-refractivity contribution >= 4 is 0 Å². The van der Waals surface area contributed by atoms with E-state index in [4.69, 9.17) is 14.2 Å². The molecular weight excluding hydrogens is 302 g/mol. The maximum atomic E-state index is 12.1.